The number of carbonyl (C=O) groups excluding carboxylic acids is 1. The molecule has 2 saturated carbocycles. The Bertz CT molecular complexity index is 867. The number of hydrogen-bond acceptors (Lipinski definition) is 3. The molecule has 3 aliphatic carbocycles. The van der Waals surface area contributed by atoms with Gasteiger partial charge in [-0.1, -0.05) is 43.7 Å². The quantitative estimate of drug-likeness (QED) is 0.774. The summed E-state index contributed by atoms with van der Waals surface area (Å²) in [6, 6.07) is 6.85. The molecule has 3 heteroatoms. The maximum Gasteiger partial charge on any atom is 0.159 e. The largest absolute Gasteiger partial charge is 0.387 e. The van der Waals surface area contributed by atoms with Crippen LogP contribution in [-0.2, 0) is 16.6 Å². The van der Waals surface area contributed by atoms with Crippen LogP contribution < -0.4 is 0 Å². The SMILES string of the molecule is Cc1ccc2c(c1)[C@]13CCN(CC4CC4)[C@H](C2)[C@]1(O)C/C(=C\CC(C)C)C(=O)C3. The summed E-state index contributed by atoms with van der Waals surface area (Å²) in [6.07, 6.45) is 8.51. The van der Waals surface area contributed by atoms with Crippen molar-refractivity contribution in [1.29, 1.82) is 0 Å². The number of allylic oxidation sites excluding steroid dienone is 1. The molecule has 1 aliphatic heterocycles. The van der Waals surface area contributed by atoms with Crippen molar-refractivity contribution in [3.8, 4) is 0 Å². The second-order valence-electron chi connectivity index (χ2n) is 10.7. The third-order valence-corrected chi connectivity index (χ3v) is 8.15. The zero-order valence-electron chi connectivity index (χ0n) is 18.2. The normalized spacial score (nSPS) is 35.7. The Morgan fingerprint density at radius 3 is 2.79 bits per heavy atom. The number of Topliss-reactive ketones (excluding diaryl/α,β-unsaturated/α-hetero) is 1. The van der Waals surface area contributed by atoms with Gasteiger partial charge in [0.1, 0.15) is 0 Å². The van der Waals surface area contributed by atoms with Crippen LogP contribution in [0.25, 0.3) is 0 Å². The topological polar surface area (TPSA) is 40.5 Å². The van der Waals surface area contributed by atoms with Crippen LogP contribution in [0.3, 0.4) is 0 Å². The van der Waals surface area contributed by atoms with Crippen molar-refractivity contribution in [3.63, 3.8) is 0 Å². The van der Waals surface area contributed by atoms with E-state index in [0.717, 1.165) is 43.8 Å². The maximum absolute atomic E-state index is 13.3. The Balaban J connectivity index is 1.61. The van der Waals surface area contributed by atoms with Gasteiger partial charge in [-0.25, -0.2) is 0 Å². The van der Waals surface area contributed by atoms with Crippen LogP contribution in [-0.4, -0.2) is 40.5 Å². The first-order valence-electron chi connectivity index (χ1n) is 11.6. The van der Waals surface area contributed by atoms with Crippen LogP contribution >= 0.6 is 0 Å². The third-order valence-electron chi connectivity index (χ3n) is 8.15. The molecule has 2 bridgehead atoms. The molecule has 4 aliphatic rings. The van der Waals surface area contributed by atoms with Crippen LogP contribution in [0.1, 0.15) is 69.1 Å². The van der Waals surface area contributed by atoms with Crippen molar-refractivity contribution < 1.29 is 9.90 Å². The van der Waals surface area contributed by atoms with E-state index in [-0.39, 0.29) is 11.8 Å². The molecule has 3 nitrogen and oxygen atoms in total. The van der Waals surface area contributed by atoms with Crippen LogP contribution in [0.5, 0.6) is 0 Å². The fourth-order valence-electron chi connectivity index (χ4n) is 6.33. The average molecular weight is 394 g/mol. The monoisotopic (exact) mass is 393 g/mol. The Hall–Kier alpha value is -1.45. The number of benzene rings is 1. The Morgan fingerprint density at radius 2 is 2.07 bits per heavy atom. The predicted molar refractivity (Wildman–Crippen MR) is 116 cm³/mol. The van der Waals surface area contributed by atoms with E-state index in [4.69, 9.17) is 0 Å². The van der Waals surface area contributed by atoms with E-state index in [0.29, 0.717) is 18.8 Å². The van der Waals surface area contributed by atoms with E-state index in [2.05, 4.69) is 49.9 Å². The number of hydrogen-bond donors (Lipinski definition) is 1. The van der Waals surface area contributed by atoms with Crippen LogP contribution in [0.2, 0.25) is 0 Å². The summed E-state index contributed by atoms with van der Waals surface area (Å²) < 4.78 is 0. The summed E-state index contributed by atoms with van der Waals surface area (Å²) >= 11 is 0. The van der Waals surface area contributed by atoms with Crippen LogP contribution in [0.15, 0.2) is 29.8 Å². The lowest BCUT2D eigenvalue weighted by molar-refractivity contribution is -0.164. The molecule has 1 N–H and O–H groups in total. The molecule has 0 radical (unpaired) electrons. The molecule has 1 saturated heterocycles. The molecule has 29 heavy (non-hydrogen) atoms. The van der Waals surface area contributed by atoms with Gasteiger partial charge < -0.3 is 5.11 Å². The highest BCUT2D eigenvalue weighted by Gasteiger charge is 2.65. The third kappa shape index (κ3) is 3.04. The molecular formula is C26H35NO2. The fraction of sp³-hybridized carbons (Fsp3) is 0.654. The van der Waals surface area contributed by atoms with Gasteiger partial charge in [-0.2, -0.15) is 0 Å². The number of ketones is 1. The first-order chi connectivity index (χ1) is 13.8. The van der Waals surface area contributed by atoms with Crippen LogP contribution in [0.4, 0.5) is 0 Å². The van der Waals surface area contributed by atoms with Crippen molar-refractivity contribution in [1.82, 2.24) is 4.90 Å². The Kier molecular flexibility index (Phi) is 4.56. The summed E-state index contributed by atoms with van der Waals surface area (Å²) in [6.45, 7) is 8.62. The van der Waals surface area contributed by atoms with Gasteiger partial charge in [0.2, 0.25) is 0 Å². The van der Waals surface area contributed by atoms with Gasteiger partial charge >= 0.3 is 0 Å². The van der Waals surface area contributed by atoms with E-state index in [1.54, 1.807) is 0 Å². The summed E-state index contributed by atoms with van der Waals surface area (Å²) in [7, 11) is 0. The van der Waals surface area contributed by atoms with Crippen molar-refractivity contribution in [3.05, 3.63) is 46.5 Å². The Morgan fingerprint density at radius 1 is 1.28 bits per heavy atom. The van der Waals surface area contributed by atoms with E-state index in [1.807, 2.05) is 0 Å². The Labute approximate surface area is 175 Å². The average Bonchev–Trinajstić information content (AvgIpc) is 3.47. The maximum atomic E-state index is 13.3. The zero-order valence-corrected chi connectivity index (χ0v) is 18.2. The number of fused-ring (bicyclic) bond motifs is 1. The van der Waals surface area contributed by atoms with E-state index in [9.17, 15) is 9.90 Å². The van der Waals surface area contributed by atoms with Gasteiger partial charge in [0, 0.05) is 30.8 Å². The lowest BCUT2D eigenvalue weighted by Crippen LogP contribution is -2.73. The minimum Gasteiger partial charge on any atom is -0.387 e. The van der Waals surface area contributed by atoms with Gasteiger partial charge in [-0.3, -0.25) is 9.69 Å². The molecule has 0 amide bonds. The molecule has 1 heterocycles. The van der Waals surface area contributed by atoms with Gasteiger partial charge in [-0.05, 0) is 74.1 Å². The van der Waals surface area contributed by atoms with E-state index in [1.165, 1.54) is 29.5 Å². The number of nitrogens with zero attached hydrogens (tertiary/aromatic N) is 1. The van der Waals surface area contributed by atoms with E-state index >= 15 is 0 Å². The second kappa shape index (κ2) is 6.78. The summed E-state index contributed by atoms with van der Waals surface area (Å²) in [4.78, 5) is 15.8. The molecule has 156 valence electrons. The van der Waals surface area contributed by atoms with Gasteiger partial charge in [0.25, 0.3) is 0 Å². The van der Waals surface area contributed by atoms with Gasteiger partial charge in [0.15, 0.2) is 5.78 Å². The number of carbonyl (C=O) groups is 1. The lowest BCUT2D eigenvalue weighted by atomic mass is 9.48. The lowest BCUT2D eigenvalue weighted by Gasteiger charge is -2.63. The van der Waals surface area contributed by atoms with Crippen molar-refractivity contribution in [2.24, 2.45) is 11.8 Å². The highest BCUT2D eigenvalue weighted by molar-refractivity contribution is 5.98. The number of piperidine rings is 1. The second-order valence-corrected chi connectivity index (χ2v) is 10.7. The number of likely N-dealkylation sites (tertiary alicyclic amines) is 1. The summed E-state index contributed by atoms with van der Waals surface area (Å²) in [5.74, 6) is 1.60. The molecule has 0 aromatic heterocycles. The fourth-order valence-corrected chi connectivity index (χ4v) is 6.33. The van der Waals surface area contributed by atoms with Gasteiger partial charge in [-0.15, -0.1) is 0 Å². The highest BCUT2D eigenvalue weighted by atomic mass is 16.3. The zero-order chi connectivity index (χ0) is 20.4. The molecule has 5 rings (SSSR count). The number of aliphatic hydroxyl groups is 1. The first-order valence-corrected chi connectivity index (χ1v) is 11.6. The smallest absolute Gasteiger partial charge is 0.159 e. The number of rotatable bonds is 4. The molecule has 0 spiro atoms. The highest BCUT2D eigenvalue weighted by Crippen LogP contribution is 2.58. The van der Waals surface area contributed by atoms with Gasteiger partial charge in [0.05, 0.1) is 5.60 Å². The molecule has 3 atom stereocenters. The molecule has 1 aromatic carbocycles. The molecule has 1 aromatic rings. The molecular weight excluding hydrogens is 358 g/mol. The minimum absolute atomic E-state index is 0.127. The predicted octanol–water partition coefficient (Wildman–Crippen LogP) is 4.34. The standard InChI is InChI=1S/C26H35NO2/c1-17(2)4-8-21-14-26(29)24-13-20-9-5-18(3)12-22(20)25(26,15-23(21)28)10-11-27(24)16-19-6-7-19/h5,8-9,12,17,19,24,29H,4,6-7,10-11,13-16H2,1-3H3/b21-8+/t24-,25-,26-/m1/s1. The van der Waals surface area contributed by atoms with Crippen LogP contribution in [0, 0.1) is 18.8 Å². The summed E-state index contributed by atoms with van der Waals surface area (Å²) in [5, 5.41) is 12.4. The van der Waals surface area contributed by atoms with E-state index < -0.39 is 11.0 Å². The number of aryl methyl sites for hydroxylation is 1. The van der Waals surface area contributed by atoms with Crippen molar-refractivity contribution >= 4 is 5.78 Å². The minimum atomic E-state index is -0.836. The first kappa shape index (κ1) is 19.5. The van der Waals surface area contributed by atoms with Crippen molar-refractivity contribution in [2.45, 2.75) is 82.8 Å². The molecule has 0 unspecified atom stereocenters. The summed E-state index contributed by atoms with van der Waals surface area (Å²) in [5.41, 5.74) is 3.48. The molecule has 3 fully saturated rings. The van der Waals surface area contributed by atoms with Crippen molar-refractivity contribution in [2.75, 3.05) is 13.1 Å².